The molecule has 3 aliphatic heterocycles. The number of nitrogens with zero attached hydrogens (tertiary/aromatic N) is 2. The van der Waals surface area contributed by atoms with Crippen molar-refractivity contribution < 1.29 is 24.2 Å². The highest BCUT2D eigenvalue weighted by Crippen LogP contribution is 2.50. The van der Waals surface area contributed by atoms with Crippen LogP contribution < -0.4 is 14.2 Å². The molecule has 3 heterocycles. The topological polar surface area (TPSA) is 72.8 Å². The Morgan fingerprint density at radius 3 is 2.93 bits per heavy atom. The zero-order valence-corrected chi connectivity index (χ0v) is 17.2. The molecule has 3 aliphatic rings. The first-order chi connectivity index (χ1) is 13.4. The Kier molecular flexibility index (Phi) is 5.14. The molecular formula is C21H30N2O5. The van der Waals surface area contributed by atoms with Gasteiger partial charge in [-0.1, -0.05) is 5.16 Å². The van der Waals surface area contributed by atoms with Crippen LogP contribution in [0.5, 0.6) is 17.2 Å². The van der Waals surface area contributed by atoms with Crippen LogP contribution in [-0.4, -0.2) is 55.5 Å². The summed E-state index contributed by atoms with van der Waals surface area (Å²) in [6, 6.07) is 2.14. The summed E-state index contributed by atoms with van der Waals surface area (Å²) in [4.78, 5) is 2.31. The summed E-state index contributed by atoms with van der Waals surface area (Å²) in [5.74, 6) is 2.39. The summed E-state index contributed by atoms with van der Waals surface area (Å²) in [5.41, 5.74) is 2.97. The van der Waals surface area contributed by atoms with E-state index in [4.69, 9.17) is 18.9 Å². The Labute approximate surface area is 166 Å². The molecule has 28 heavy (non-hydrogen) atoms. The van der Waals surface area contributed by atoms with Crippen molar-refractivity contribution in [2.45, 2.75) is 51.2 Å². The number of rotatable bonds is 4. The fourth-order valence-electron chi connectivity index (χ4n) is 4.79. The number of fused-ring (bicyclic) bond motifs is 2. The average molecular weight is 390 g/mol. The Morgan fingerprint density at radius 2 is 2.21 bits per heavy atom. The number of oxime groups is 1. The van der Waals surface area contributed by atoms with Gasteiger partial charge in [0.25, 0.3) is 0 Å². The van der Waals surface area contributed by atoms with Crippen LogP contribution in [0.15, 0.2) is 11.2 Å². The Bertz CT molecular complexity index is 777. The monoisotopic (exact) mass is 390 g/mol. The highest BCUT2D eigenvalue weighted by atomic mass is 16.7. The molecule has 154 valence electrons. The SMILES string of the molecule is COc1c2c(cc3c1[C@@H](CC(=NO)[C@@H]1CCOC(C)(C)C1)N(C)CC3)OCO2. The molecule has 7 heteroatoms. The van der Waals surface area contributed by atoms with E-state index in [9.17, 15) is 5.21 Å². The van der Waals surface area contributed by atoms with Crippen LogP contribution in [0.1, 0.15) is 50.3 Å². The van der Waals surface area contributed by atoms with Gasteiger partial charge in [0.15, 0.2) is 11.5 Å². The van der Waals surface area contributed by atoms with E-state index in [-0.39, 0.29) is 24.4 Å². The summed E-state index contributed by atoms with van der Waals surface area (Å²) in [7, 11) is 3.78. The predicted molar refractivity (Wildman–Crippen MR) is 105 cm³/mol. The summed E-state index contributed by atoms with van der Waals surface area (Å²) < 4.78 is 22.9. The first-order valence-electron chi connectivity index (χ1n) is 9.98. The maximum atomic E-state index is 9.85. The smallest absolute Gasteiger partial charge is 0.231 e. The van der Waals surface area contributed by atoms with Crippen LogP contribution in [0.3, 0.4) is 0 Å². The summed E-state index contributed by atoms with van der Waals surface area (Å²) >= 11 is 0. The molecule has 0 unspecified atom stereocenters. The molecule has 4 rings (SSSR count). The van der Waals surface area contributed by atoms with Gasteiger partial charge in [-0.25, -0.2) is 0 Å². The largest absolute Gasteiger partial charge is 0.492 e. The Morgan fingerprint density at radius 1 is 1.39 bits per heavy atom. The van der Waals surface area contributed by atoms with E-state index in [1.807, 2.05) is 0 Å². The molecule has 1 aromatic carbocycles. The van der Waals surface area contributed by atoms with Gasteiger partial charge in [0, 0.05) is 37.1 Å². The highest BCUT2D eigenvalue weighted by Gasteiger charge is 2.37. The average Bonchev–Trinajstić information content (AvgIpc) is 3.13. The third-order valence-corrected chi connectivity index (χ3v) is 6.25. The van der Waals surface area contributed by atoms with E-state index in [1.165, 1.54) is 5.56 Å². The normalized spacial score (nSPS) is 26.8. The minimum Gasteiger partial charge on any atom is -0.492 e. The number of ether oxygens (including phenoxy) is 4. The number of hydrogen-bond acceptors (Lipinski definition) is 7. The maximum absolute atomic E-state index is 9.85. The molecule has 0 aromatic heterocycles. The zero-order valence-electron chi connectivity index (χ0n) is 17.2. The molecule has 0 saturated carbocycles. The molecule has 1 aromatic rings. The molecule has 0 spiro atoms. The second-order valence-corrected chi connectivity index (χ2v) is 8.56. The van der Waals surface area contributed by atoms with E-state index in [0.29, 0.717) is 18.8 Å². The third-order valence-electron chi connectivity index (χ3n) is 6.25. The van der Waals surface area contributed by atoms with Crippen molar-refractivity contribution >= 4 is 5.71 Å². The lowest BCUT2D eigenvalue weighted by Crippen LogP contribution is -2.39. The first kappa shape index (κ1) is 19.3. The van der Waals surface area contributed by atoms with Crippen molar-refractivity contribution in [2.24, 2.45) is 11.1 Å². The fourth-order valence-corrected chi connectivity index (χ4v) is 4.79. The number of likely N-dealkylation sites (N-methyl/N-ethyl adjacent to an activating group) is 1. The number of hydrogen-bond donors (Lipinski definition) is 1. The van der Waals surface area contributed by atoms with Gasteiger partial charge in [-0.3, -0.25) is 4.90 Å². The lowest BCUT2D eigenvalue weighted by molar-refractivity contribution is -0.0622. The lowest BCUT2D eigenvalue weighted by Gasteiger charge is -2.39. The van der Waals surface area contributed by atoms with Crippen molar-refractivity contribution in [3.05, 3.63) is 17.2 Å². The first-order valence-corrected chi connectivity index (χ1v) is 9.98. The minimum absolute atomic E-state index is 0.0602. The highest BCUT2D eigenvalue weighted by molar-refractivity contribution is 5.87. The van der Waals surface area contributed by atoms with Crippen LogP contribution in [0.25, 0.3) is 0 Å². The summed E-state index contributed by atoms with van der Waals surface area (Å²) in [6.45, 7) is 6.03. The minimum atomic E-state index is -0.196. The van der Waals surface area contributed by atoms with E-state index in [1.54, 1.807) is 7.11 Å². The van der Waals surface area contributed by atoms with Crippen LogP contribution >= 0.6 is 0 Å². The van der Waals surface area contributed by atoms with Crippen molar-refractivity contribution in [1.29, 1.82) is 0 Å². The van der Waals surface area contributed by atoms with Crippen molar-refractivity contribution in [1.82, 2.24) is 4.90 Å². The molecule has 1 fully saturated rings. The van der Waals surface area contributed by atoms with Crippen molar-refractivity contribution in [3.63, 3.8) is 0 Å². The number of benzene rings is 1. The molecule has 0 radical (unpaired) electrons. The second kappa shape index (κ2) is 7.44. The van der Waals surface area contributed by atoms with Gasteiger partial charge >= 0.3 is 0 Å². The van der Waals surface area contributed by atoms with E-state index in [2.05, 4.69) is 37.0 Å². The van der Waals surface area contributed by atoms with E-state index in [0.717, 1.165) is 48.6 Å². The Balaban J connectivity index is 1.67. The van der Waals surface area contributed by atoms with E-state index >= 15 is 0 Å². The molecule has 0 aliphatic carbocycles. The lowest BCUT2D eigenvalue weighted by atomic mass is 9.80. The summed E-state index contributed by atoms with van der Waals surface area (Å²) in [6.07, 6.45) is 3.31. The molecule has 1 saturated heterocycles. The quantitative estimate of drug-likeness (QED) is 0.483. The third kappa shape index (κ3) is 3.42. The zero-order chi connectivity index (χ0) is 19.9. The van der Waals surface area contributed by atoms with Gasteiger partial charge in [-0.15, -0.1) is 0 Å². The molecule has 1 N–H and O–H groups in total. The molecule has 0 amide bonds. The molecule has 0 bridgehead atoms. The molecule has 7 nitrogen and oxygen atoms in total. The van der Waals surface area contributed by atoms with Gasteiger partial charge < -0.3 is 24.2 Å². The van der Waals surface area contributed by atoms with Crippen LogP contribution in [0, 0.1) is 5.92 Å². The van der Waals surface area contributed by atoms with Crippen LogP contribution in [0.2, 0.25) is 0 Å². The maximum Gasteiger partial charge on any atom is 0.231 e. The van der Waals surface area contributed by atoms with Gasteiger partial charge in [-0.2, -0.15) is 0 Å². The van der Waals surface area contributed by atoms with Gasteiger partial charge in [0.2, 0.25) is 12.5 Å². The van der Waals surface area contributed by atoms with Crippen molar-refractivity contribution in [2.75, 3.05) is 34.1 Å². The number of methoxy groups -OCH3 is 1. The van der Waals surface area contributed by atoms with Crippen LogP contribution in [-0.2, 0) is 11.2 Å². The standard InChI is InChI=1S/C21H30N2O5/c1-21(2)11-14(6-8-28-21)15(22-24)10-16-18-13(5-7-23(16)3)9-17-19(20(18)25-4)27-12-26-17/h9,14,16,24H,5-8,10-12H2,1-4H3/t14-,16-/m1/s1. The fraction of sp³-hybridized carbons (Fsp3) is 0.667. The van der Waals surface area contributed by atoms with Gasteiger partial charge in [0.05, 0.1) is 18.4 Å². The van der Waals surface area contributed by atoms with Gasteiger partial charge in [0.1, 0.15) is 0 Å². The second-order valence-electron chi connectivity index (χ2n) is 8.56. The van der Waals surface area contributed by atoms with Crippen molar-refractivity contribution in [3.8, 4) is 17.2 Å². The predicted octanol–water partition coefficient (Wildman–Crippen LogP) is 3.38. The Hall–Kier alpha value is -1.99. The molecule has 2 atom stereocenters. The van der Waals surface area contributed by atoms with Crippen LogP contribution in [0.4, 0.5) is 0 Å². The van der Waals surface area contributed by atoms with Gasteiger partial charge in [-0.05, 0) is 51.8 Å². The van der Waals surface area contributed by atoms with E-state index < -0.39 is 0 Å². The summed E-state index contributed by atoms with van der Waals surface area (Å²) in [5, 5.41) is 13.6. The molecular weight excluding hydrogens is 360 g/mol.